The second kappa shape index (κ2) is 8.01. The predicted octanol–water partition coefficient (Wildman–Crippen LogP) is 4.41. The number of halogens is 2. The van der Waals surface area contributed by atoms with Crippen LogP contribution in [0.3, 0.4) is 0 Å². The lowest BCUT2D eigenvalue weighted by atomic mass is 10.1. The molecule has 0 amide bonds. The quantitative estimate of drug-likeness (QED) is 0.584. The normalized spacial score (nSPS) is 10.6. The van der Waals surface area contributed by atoms with Crippen LogP contribution in [-0.4, -0.2) is 34.4 Å². The van der Waals surface area contributed by atoms with Gasteiger partial charge >= 0.3 is 6.01 Å². The first-order valence-corrected chi connectivity index (χ1v) is 9.30. The molecule has 3 aromatic rings. The summed E-state index contributed by atoms with van der Waals surface area (Å²) in [5.41, 5.74) is 3.47. The Balaban J connectivity index is 1.71. The first-order chi connectivity index (χ1) is 12.4. The number of aromatic nitrogens is 3. The van der Waals surface area contributed by atoms with Gasteiger partial charge in [0.25, 0.3) is 0 Å². The van der Waals surface area contributed by atoms with Crippen LogP contribution in [0.25, 0.3) is 11.3 Å². The van der Waals surface area contributed by atoms with Gasteiger partial charge < -0.3 is 14.7 Å². The Labute approximate surface area is 168 Å². The number of hydrogen-bond acceptors (Lipinski definition) is 6. The fourth-order valence-electron chi connectivity index (χ4n) is 2.25. The molecule has 0 bridgehead atoms. The lowest BCUT2D eigenvalue weighted by Crippen LogP contribution is -2.09. The molecule has 134 valence electrons. The maximum atomic E-state index is 9.79. The van der Waals surface area contributed by atoms with Gasteiger partial charge in [0.15, 0.2) is 0 Å². The zero-order valence-electron chi connectivity index (χ0n) is 14.1. The number of ether oxygens (including phenoxy) is 1. The molecule has 8 heteroatoms. The lowest BCUT2D eigenvalue weighted by Gasteiger charge is -2.13. The molecule has 0 aliphatic heterocycles. The van der Waals surface area contributed by atoms with Crippen LogP contribution in [0, 0.1) is 0 Å². The minimum atomic E-state index is 0.134. The number of phenols is 1. The van der Waals surface area contributed by atoms with Gasteiger partial charge in [0, 0.05) is 25.3 Å². The van der Waals surface area contributed by atoms with Crippen molar-refractivity contribution in [2.45, 2.75) is 6.61 Å². The summed E-state index contributed by atoms with van der Waals surface area (Å²) in [6.45, 7) is 0.360. The highest BCUT2D eigenvalue weighted by molar-refractivity contribution is 9.11. The van der Waals surface area contributed by atoms with Crippen LogP contribution in [0.1, 0.15) is 5.56 Å². The van der Waals surface area contributed by atoms with E-state index in [1.165, 1.54) is 0 Å². The van der Waals surface area contributed by atoms with Gasteiger partial charge in [-0.1, -0.05) is 17.2 Å². The Morgan fingerprint density at radius 2 is 1.81 bits per heavy atom. The number of aromatic hydroxyl groups is 1. The lowest BCUT2D eigenvalue weighted by molar-refractivity contribution is 0.277. The highest BCUT2D eigenvalue weighted by Gasteiger charge is 2.10. The molecular weight excluding hydrogens is 464 g/mol. The minimum Gasteiger partial charge on any atom is -0.506 e. The van der Waals surface area contributed by atoms with Crippen molar-refractivity contribution in [1.82, 2.24) is 15.2 Å². The smallest absolute Gasteiger partial charge is 0.336 e. The van der Waals surface area contributed by atoms with Crippen LogP contribution >= 0.6 is 31.9 Å². The maximum absolute atomic E-state index is 9.79. The van der Waals surface area contributed by atoms with Crippen molar-refractivity contribution in [3.05, 3.63) is 57.1 Å². The van der Waals surface area contributed by atoms with E-state index in [9.17, 15) is 5.11 Å². The second-order valence-electron chi connectivity index (χ2n) is 5.77. The summed E-state index contributed by atoms with van der Waals surface area (Å²) >= 11 is 6.60. The van der Waals surface area contributed by atoms with Crippen LogP contribution in [0.4, 0.5) is 5.69 Å². The van der Waals surface area contributed by atoms with Crippen molar-refractivity contribution in [2.24, 2.45) is 0 Å². The van der Waals surface area contributed by atoms with Crippen molar-refractivity contribution < 1.29 is 9.84 Å². The summed E-state index contributed by atoms with van der Waals surface area (Å²) in [4.78, 5) is 6.24. The molecule has 3 rings (SSSR count). The van der Waals surface area contributed by atoms with E-state index in [0.717, 1.165) is 16.8 Å². The number of hydrogen-bond donors (Lipinski definition) is 1. The molecular formula is C18H16Br2N4O2. The standard InChI is InChI=1S/C18H16Br2N4O2/c1-24(2)13-5-3-4-11(6-13)10-26-18-21-9-16(22-23-18)12-7-14(19)17(25)15(20)8-12/h3-9,25H,10H2,1-2H3. The van der Waals surface area contributed by atoms with Gasteiger partial charge in [-0.25, -0.2) is 4.98 Å². The van der Waals surface area contributed by atoms with Crippen LogP contribution in [-0.2, 0) is 6.61 Å². The fraction of sp³-hybridized carbons (Fsp3) is 0.167. The molecule has 0 spiro atoms. The third-order valence-corrected chi connectivity index (χ3v) is 4.86. The van der Waals surface area contributed by atoms with Gasteiger partial charge in [0.05, 0.1) is 15.1 Å². The molecule has 6 nitrogen and oxygen atoms in total. The molecule has 2 aromatic carbocycles. The molecule has 0 radical (unpaired) electrons. The maximum Gasteiger partial charge on any atom is 0.336 e. The highest BCUT2D eigenvalue weighted by atomic mass is 79.9. The van der Waals surface area contributed by atoms with E-state index in [1.807, 2.05) is 43.3 Å². The van der Waals surface area contributed by atoms with Crippen molar-refractivity contribution in [3.63, 3.8) is 0 Å². The Morgan fingerprint density at radius 3 is 2.42 bits per heavy atom. The van der Waals surface area contributed by atoms with Crippen molar-refractivity contribution in [2.75, 3.05) is 19.0 Å². The molecule has 0 saturated carbocycles. The monoisotopic (exact) mass is 478 g/mol. The zero-order valence-corrected chi connectivity index (χ0v) is 17.3. The summed E-state index contributed by atoms with van der Waals surface area (Å²) in [6.07, 6.45) is 1.59. The number of phenolic OH excluding ortho intramolecular Hbond substituents is 1. The zero-order chi connectivity index (χ0) is 18.7. The molecule has 0 fully saturated rings. The molecule has 0 atom stereocenters. The Morgan fingerprint density at radius 1 is 1.08 bits per heavy atom. The van der Waals surface area contributed by atoms with Crippen LogP contribution in [0.2, 0.25) is 0 Å². The summed E-state index contributed by atoms with van der Waals surface area (Å²) in [6, 6.07) is 11.8. The molecule has 0 saturated heterocycles. The van der Waals surface area contributed by atoms with E-state index in [-0.39, 0.29) is 11.8 Å². The van der Waals surface area contributed by atoms with Gasteiger partial charge in [-0.05, 0) is 61.7 Å². The highest BCUT2D eigenvalue weighted by Crippen LogP contribution is 2.36. The molecule has 0 unspecified atom stereocenters. The summed E-state index contributed by atoms with van der Waals surface area (Å²) in [5, 5.41) is 18.0. The van der Waals surface area contributed by atoms with Gasteiger partial charge in [-0.2, -0.15) is 0 Å². The SMILES string of the molecule is CN(C)c1cccc(COc2ncc(-c3cc(Br)c(O)c(Br)c3)nn2)c1. The Kier molecular flexibility index (Phi) is 5.73. The topological polar surface area (TPSA) is 71.4 Å². The van der Waals surface area contributed by atoms with Gasteiger partial charge in [-0.15, -0.1) is 5.10 Å². The minimum absolute atomic E-state index is 0.134. The third kappa shape index (κ3) is 4.31. The average molecular weight is 480 g/mol. The van der Waals surface area contributed by atoms with Gasteiger partial charge in [-0.3, -0.25) is 0 Å². The van der Waals surface area contributed by atoms with E-state index in [1.54, 1.807) is 18.3 Å². The van der Waals surface area contributed by atoms with Gasteiger partial charge in [0.2, 0.25) is 0 Å². The number of anilines is 1. The number of rotatable bonds is 5. The molecule has 1 aromatic heterocycles. The van der Waals surface area contributed by atoms with Crippen LogP contribution in [0.15, 0.2) is 51.5 Å². The van der Waals surface area contributed by atoms with E-state index < -0.39 is 0 Å². The first kappa shape index (κ1) is 18.6. The van der Waals surface area contributed by atoms with Gasteiger partial charge in [0.1, 0.15) is 18.1 Å². The van der Waals surface area contributed by atoms with E-state index in [0.29, 0.717) is 21.2 Å². The predicted molar refractivity (Wildman–Crippen MR) is 107 cm³/mol. The first-order valence-electron chi connectivity index (χ1n) is 7.71. The fourth-order valence-corrected chi connectivity index (χ4v) is 3.44. The molecule has 0 aliphatic carbocycles. The van der Waals surface area contributed by atoms with E-state index in [4.69, 9.17) is 4.74 Å². The number of benzene rings is 2. The summed E-state index contributed by atoms with van der Waals surface area (Å²) < 4.78 is 6.74. The third-order valence-electron chi connectivity index (χ3n) is 3.65. The largest absolute Gasteiger partial charge is 0.506 e. The Hall–Kier alpha value is -2.19. The second-order valence-corrected chi connectivity index (χ2v) is 7.48. The van der Waals surface area contributed by atoms with Crippen molar-refractivity contribution in [1.29, 1.82) is 0 Å². The number of nitrogens with zero attached hydrogens (tertiary/aromatic N) is 4. The molecule has 26 heavy (non-hydrogen) atoms. The van der Waals surface area contributed by atoms with E-state index in [2.05, 4.69) is 47.0 Å². The average Bonchev–Trinajstić information content (AvgIpc) is 2.64. The molecule has 1 N–H and O–H groups in total. The molecule has 1 heterocycles. The molecule has 0 aliphatic rings. The van der Waals surface area contributed by atoms with E-state index >= 15 is 0 Å². The van der Waals surface area contributed by atoms with Crippen LogP contribution in [0.5, 0.6) is 11.8 Å². The van der Waals surface area contributed by atoms with Crippen molar-refractivity contribution in [3.8, 4) is 23.0 Å². The summed E-state index contributed by atoms with van der Waals surface area (Å²) in [7, 11) is 3.98. The van der Waals surface area contributed by atoms with Crippen molar-refractivity contribution >= 4 is 37.5 Å². The Bertz CT molecular complexity index is 894. The van der Waals surface area contributed by atoms with Crippen LogP contribution < -0.4 is 9.64 Å². The summed E-state index contributed by atoms with van der Waals surface area (Å²) in [5.74, 6) is 0.134.